The maximum atomic E-state index is 13.8. The fraction of sp³-hybridized carbons (Fsp3) is 0.333. The second-order valence-corrected chi connectivity index (χ2v) is 5.10. The Morgan fingerprint density at radius 3 is 2.65 bits per heavy atom. The monoisotopic (exact) mass is 276 g/mol. The van der Waals surface area contributed by atoms with Crippen molar-refractivity contribution in [1.82, 2.24) is 5.16 Å². The average molecular weight is 276 g/mol. The van der Waals surface area contributed by atoms with Gasteiger partial charge in [-0.05, 0) is 31.5 Å². The van der Waals surface area contributed by atoms with E-state index < -0.39 is 11.7 Å². The number of hydrogen-bond donors (Lipinski definition) is 1. The molecule has 1 aromatic heterocycles. The van der Waals surface area contributed by atoms with Crippen molar-refractivity contribution in [2.45, 2.75) is 33.6 Å². The van der Waals surface area contributed by atoms with Crippen LogP contribution >= 0.6 is 0 Å². The van der Waals surface area contributed by atoms with E-state index in [4.69, 9.17) is 4.52 Å². The number of halogens is 1. The third-order valence-electron chi connectivity index (χ3n) is 3.01. The number of carbonyl (C=O) groups excluding carboxylic acids is 1. The molecule has 0 aliphatic heterocycles. The lowest BCUT2D eigenvalue weighted by Gasteiger charge is -2.08. The van der Waals surface area contributed by atoms with Crippen molar-refractivity contribution in [3.63, 3.8) is 0 Å². The fourth-order valence-electron chi connectivity index (χ4n) is 1.96. The summed E-state index contributed by atoms with van der Waals surface area (Å²) in [4.78, 5) is 12.3. The van der Waals surface area contributed by atoms with E-state index >= 15 is 0 Å². The zero-order valence-electron chi connectivity index (χ0n) is 12.0. The normalized spacial score (nSPS) is 10.9. The summed E-state index contributed by atoms with van der Waals surface area (Å²) in [5, 5.41) is 6.37. The molecule has 0 saturated carbocycles. The van der Waals surface area contributed by atoms with Crippen molar-refractivity contribution < 1.29 is 13.7 Å². The van der Waals surface area contributed by atoms with Crippen LogP contribution in [0.2, 0.25) is 0 Å². The second-order valence-electron chi connectivity index (χ2n) is 5.10. The number of aromatic nitrogens is 1. The van der Waals surface area contributed by atoms with Crippen LogP contribution < -0.4 is 5.32 Å². The van der Waals surface area contributed by atoms with Gasteiger partial charge in [0.05, 0.1) is 11.4 Å². The molecule has 106 valence electrons. The highest BCUT2D eigenvalue weighted by atomic mass is 19.1. The highest BCUT2D eigenvalue weighted by Gasteiger charge is 2.23. The summed E-state index contributed by atoms with van der Waals surface area (Å²) in [7, 11) is 0. The first kappa shape index (κ1) is 14.2. The summed E-state index contributed by atoms with van der Waals surface area (Å²) >= 11 is 0. The Balaban J connectivity index is 2.31. The van der Waals surface area contributed by atoms with Crippen LogP contribution in [0, 0.1) is 19.7 Å². The Kier molecular flexibility index (Phi) is 3.88. The Hall–Kier alpha value is -2.17. The van der Waals surface area contributed by atoms with Crippen molar-refractivity contribution in [2.24, 2.45) is 0 Å². The number of aryl methyl sites for hydroxylation is 2. The van der Waals surface area contributed by atoms with Crippen molar-refractivity contribution in [3.05, 3.63) is 46.6 Å². The van der Waals surface area contributed by atoms with Crippen LogP contribution in [0.25, 0.3) is 0 Å². The van der Waals surface area contributed by atoms with Crippen molar-refractivity contribution in [3.8, 4) is 0 Å². The third-order valence-corrected chi connectivity index (χ3v) is 3.01. The van der Waals surface area contributed by atoms with E-state index in [1.54, 1.807) is 26.0 Å². The molecule has 0 aliphatic rings. The summed E-state index contributed by atoms with van der Waals surface area (Å²) in [5.74, 6) is -0.332. The molecule has 4 nitrogen and oxygen atoms in total. The lowest BCUT2D eigenvalue weighted by Crippen LogP contribution is -2.15. The lowest BCUT2D eigenvalue weighted by atomic mass is 10.0. The smallest absolute Gasteiger partial charge is 0.261 e. The number of benzene rings is 1. The number of rotatable bonds is 3. The van der Waals surface area contributed by atoms with Crippen molar-refractivity contribution in [1.29, 1.82) is 0 Å². The van der Waals surface area contributed by atoms with Gasteiger partial charge in [-0.25, -0.2) is 4.39 Å². The first-order valence-electron chi connectivity index (χ1n) is 6.43. The van der Waals surface area contributed by atoms with Crippen LogP contribution in [-0.2, 0) is 0 Å². The maximum Gasteiger partial charge on any atom is 0.261 e. The summed E-state index contributed by atoms with van der Waals surface area (Å²) < 4.78 is 18.9. The lowest BCUT2D eigenvalue weighted by molar-refractivity contribution is 0.102. The molecule has 0 radical (unpaired) electrons. The van der Waals surface area contributed by atoms with Gasteiger partial charge in [0.15, 0.2) is 5.76 Å². The van der Waals surface area contributed by atoms with Gasteiger partial charge in [0, 0.05) is 5.92 Å². The molecule has 0 bridgehead atoms. The van der Waals surface area contributed by atoms with Crippen LogP contribution in [0.1, 0.15) is 47.1 Å². The van der Waals surface area contributed by atoms with E-state index in [1.807, 2.05) is 13.8 Å². The molecule has 0 aliphatic carbocycles. The molecular weight excluding hydrogens is 259 g/mol. The minimum atomic E-state index is -0.460. The van der Waals surface area contributed by atoms with Gasteiger partial charge in [0.25, 0.3) is 5.91 Å². The minimum Gasteiger partial charge on any atom is -0.360 e. The zero-order chi connectivity index (χ0) is 14.9. The van der Waals surface area contributed by atoms with Crippen LogP contribution in [0.4, 0.5) is 10.1 Å². The number of amides is 1. The van der Waals surface area contributed by atoms with E-state index in [9.17, 15) is 9.18 Å². The summed E-state index contributed by atoms with van der Waals surface area (Å²) in [6.45, 7) is 7.29. The van der Waals surface area contributed by atoms with Crippen molar-refractivity contribution in [2.75, 3.05) is 5.32 Å². The molecule has 0 spiro atoms. The summed E-state index contributed by atoms with van der Waals surface area (Å²) in [5.41, 5.74) is 1.82. The largest absolute Gasteiger partial charge is 0.360 e. The second kappa shape index (κ2) is 5.45. The fourth-order valence-corrected chi connectivity index (χ4v) is 1.96. The Labute approximate surface area is 117 Å². The Bertz CT molecular complexity index is 647. The van der Waals surface area contributed by atoms with E-state index in [0.717, 1.165) is 5.56 Å². The van der Waals surface area contributed by atoms with E-state index in [2.05, 4.69) is 10.5 Å². The predicted molar refractivity (Wildman–Crippen MR) is 74.4 cm³/mol. The highest BCUT2D eigenvalue weighted by Crippen LogP contribution is 2.24. The molecule has 1 amide bonds. The molecule has 5 heteroatoms. The van der Waals surface area contributed by atoms with Crippen LogP contribution in [0.15, 0.2) is 22.7 Å². The standard InChI is InChI=1S/C15H17FN2O2/c1-8(2)14-13(10(4)18-20-14)15(19)17-12-6-5-9(3)7-11(12)16/h5-8H,1-4H3,(H,17,19). The molecule has 0 atom stereocenters. The minimum absolute atomic E-state index is 0.0276. The third kappa shape index (κ3) is 2.71. The first-order chi connectivity index (χ1) is 9.40. The quantitative estimate of drug-likeness (QED) is 0.927. The highest BCUT2D eigenvalue weighted by molar-refractivity contribution is 6.05. The van der Waals surface area contributed by atoms with Gasteiger partial charge in [0.2, 0.25) is 0 Å². The molecule has 1 N–H and O–H groups in total. The van der Waals surface area contributed by atoms with Gasteiger partial charge >= 0.3 is 0 Å². The average Bonchev–Trinajstić information content (AvgIpc) is 2.75. The van der Waals surface area contributed by atoms with Gasteiger partial charge in [-0.1, -0.05) is 25.1 Å². The summed E-state index contributed by atoms with van der Waals surface area (Å²) in [6.07, 6.45) is 0. The molecule has 1 heterocycles. The van der Waals surface area contributed by atoms with Crippen LogP contribution in [0.3, 0.4) is 0 Å². The summed E-state index contributed by atoms with van der Waals surface area (Å²) in [6, 6.07) is 4.66. The molecule has 20 heavy (non-hydrogen) atoms. The van der Waals surface area contributed by atoms with Gasteiger partial charge in [-0.3, -0.25) is 4.79 Å². The molecule has 2 aromatic rings. The maximum absolute atomic E-state index is 13.8. The number of nitrogens with zero attached hydrogens (tertiary/aromatic N) is 1. The molecule has 0 unspecified atom stereocenters. The number of nitrogens with one attached hydrogen (secondary N) is 1. The van der Waals surface area contributed by atoms with Gasteiger partial charge in [-0.15, -0.1) is 0 Å². The van der Waals surface area contributed by atoms with E-state index in [-0.39, 0.29) is 11.6 Å². The van der Waals surface area contributed by atoms with Gasteiger partial charge < -0.3 is 9.84 Å². The van der Waals surface area contributed by atoms with E-state index in [1.165, 1.54) is 6.07 Å². The number of hydrogen-bond acceptors (Lipinski definition) is 3. The van der Waals surface area contributed by atoms with Gasteiger partial charge in [0.1, 0.15) is 11.4 Å². The van der Waals surface area contributed by atoms with Gasteiger partial charge in [-0.2, -0.15) is 0 Å². The van der Waals surface area contributed by atoms with Crippen molar-refractivity contribution >= 4 is 11.6 Å². The first-order valence-corrected chi connectivity index (χ1v) is 6.43. The molecule has 2 rings (SSSR count). The SMILES string of the molecule is Cc1ccc(NC(=O)c2c(C)noc2C(C)C)c(F)c1. The predicted octanol–water partition coefficient (Wildman–Crippen LogP) is 3.81. The molecule has 1 aromatic carbocycles. The molecular formula is C15H17FN2O2. The Morgan fingerprint density at radius 2 is 2.05 bits per heavy atom. The topological polar surface area (TPSA) is 55.1 Å². The number of carbonyl (C=O) groups is 1. The molecule has 0 fully saturated rings. The number of anilines is 1. The zero-order valence-corrected chi connectivity index (χ0v) is 12.0. The Morgan fingerprint density at radius 1 is 1.35 bits per heavy atom. The van der Waals surface area contributed by atoms with Crippen LogP contribution in [-0.4, -0.2) is 11.1 Å². The van der Waals surface area contributed by atoms with E-state index in [0.29, 0.717) is 17.0 Å². The van der Waals surface area contributed by atoms with Crippen LogP contribution in [0.5, 0.6) is 0 Å². The molecule has 0 saturated heterocycles.